The van der Waals surface area contributed by atoms with E-state index in [1.165, 1.54) is 82.4 Å². The van der Waals surface area contributed by atoms with Crippen LogP contribution in [0.3, 0.4) is 0 Å². The zero-order valence-electron chi connectivity index (χ0n) is 23.5. The molecule has 0 aromatic heterocycles. The van der Waals surface area contributed by atoms with Gasteiger partial charge in [-0.3, -0.25) is 0 Å². The number of hydrogen-bond acceptors (Lipinski definition) is 1. The molecule has 0 atom stereocenters. The maximum absolute atomic E-state index is 2.46. The molecule has 0 N–H and O–H groups in total. The van der Waals surface area contributed by atoms with Crippen molar-refractivity contribution < 1.29 is 0 Å². The lowest BCUT2D eigenvalue weighted by Crippen LogP contribution is -2.12. The molecule has 0 spiro atoms. The molecule has 0 aliphatic carbocycles. The van der Waals surface area contributed by atoms with E-state index >= 15 is 0 Å². The highest BCUT2D eigenvalue weighted by Crippen LogP contribution is 2.48. The van der Waals surface area contributed by atoms with Gasteiger partial charge in [0.2, 0.25) is 0 Å². The van der Waals surface area contributed by atoms with Gasteiger partial charge in [0.1, 0.15) is 0 Å². The van der Waals surface area contributed by atoms with Crippen molar-refractivity contribution in [1.29, 1.82) is 0 Å². The summed E-state index contributed by atoms with van der Waals surface area (Å²) in [6, 6.07) is 55.4. The van der Waals surface area contributed by atoms with Crippen LogP contribution >= 0.6 is 0 Å². The van der Waals surface area contributed by atoms with Crippen LogP contribution in [0.25, 0.3) is 66.4 Å². The smallest absolute Gasteiger partial charge is 0.0546 e. The first kappa shape index (κ1) is 24.0. The Balaban J connectivity index is 1.43. The topological polar surface area (TPSA) is 3.24 Å². The van der Waals surface area contributed by atoms with E-state index in [-0.39, 0.29) is 0 Å². The van der Waals surface area contributed by atoms with E-state index in [0.29, 0.717) is 0 Å². The fourth-order valence-electron chi connectivity index (χ4n) is 7.06. The molecule has 0 fully saturated rings. The Bertz CT molecular complexity index is 2360. The van der Waals surface area contributed by atoms with Crippen molar-refractivity contribution >= 4 is 72.3 Å². The van der Waals surface area contributed by atoms with Crippen LogP contribution in [0.2, 0.25) is 0 Å². The maximum atomic E-state index is 2.46. The number of rotatable bonds is 2. The molecule has 0 unspecified atom stereocenters. The fourth-order valence-corrected chi connectivity index (χ4v) is 7.06. The van der Waals surface area contributed by atoms with Gasteiger partial charge in [0.25, 0.3) is 0 Å². The third-order valence-corrected chi connectivity index (χ3v) is 8.96. The summed E-state index contributed by atoms with van der Waals surface area (Å²) in [6.07, 6.45) is 4.48. The number of fused-ring (bicyclic) bond motifs is 8. The minimum Gasteiger partial charge on any atom is -0.309 e. The predicted molar refractivity (Wildman–Crippen MR) is 186 cm³/mol. The summed E-state index contributed by atoms with van der Waals surface area (Å²) >= 11 is 0. The highest BCUT2D eigenvalue weighted by Gasteiger charge is 2.23. The number of hydrogen-bond donors (Lipinski definition) is 0. The average Bonchev–Trinajstić information content (AvgIpc) is 3.24. The molecule has 8 aromatic carbocycles. The standard InChI is InChI=1S/C42H27N/c1-4-16-32-28(12-1)15-11-21-33(32)38-26-31-27-41(35-18-6-8-20-37(35)42(31)36-19-7-5-17-34(36)38)43-39-22-9-2-13-29(39)24-25-30-14-3-10-23-40(30)43/h1-27H. The van der Waals surface area contributed by atoms with Crippen LogP contribution in [0, 0.1) is 0 Å². The Labute approximate surface area is 250 Å². The minimum atomic E-state index is 1.18. The first-order chi connectivity index (χ1) is 21.3. The molecule has 1 heterocycles. The largest absolute Gasteiger partial charge is 0.309 e. The van der Waals surface area contributed by atoms with Crippen LogP contribution in [0.15, 0.2) is 152 Å². The molecule has 0 bridgehead atoms. The van der Waals surface area contributed by atoms with Gasteiger partial charge in [-0.1, -0.05) is 140 Å². The molecular weight excluding hydrogens is 518 g/mol. The van der Waals surface area contributed by atoms with Gasteiger partial charge in [0.05, 0.1) is 17.1 Å². The molecule has 0 radical (unpaired) electrons. The Morgan fingerprint density at radius 2 is 0.860 bits per heavy atom. The Morgan fingerprint density at radius 3 is 1.58 bits per heavy atom. The second-order valence-corrected chi connectivity index (χ2v) is 11.3. The van der Waals surface area contributed by atoms with Crippen molar-refractivity contribution in [2.45, 2.75) is 0 Å². The van der Waals surface area contributed by atoms with Gasteiger partial charge in [-0.2, -0.15) is 0 Å². The molecular formula is C42H27N. The third kappa shape index (κ3) is 3.65. The van der Waals surface area contributed by atoms with Crippen LogP contribution in [0.4, 0.5) is 17.1 Å². The summed E-state index contributed by atoms with van der Waals surface area (Å²) in [4.78, 5) is 2.46. The number of anilines is 3. The summed E-state index contributed by atoms with van der Waals surface area (Å²) in [5.74, 6) is 0. The molecule has 9 rings (SSSR count). The van der Waals surface area contributed by atoms with Crippen molar-refractivity contribution in [3.05, 3.63) is 163 Å². The predicted octanol–water partition coefficient (Wildman–Crippen LogP) is 11.9. The summed E-state index contributed by atoms with van der Waals surface area (Å²) < 4.78 is 0. The zero-order chi connectivity index (χ0) is 28.3. The lowest BCUT2D eigenvalue weighted by molar-refractivity contribution is 1.29. The molecule has 200 valence electrons. The Hall–Kier alpha value is -5.66. The maximum Gasteiger partial charge on any atom is 0.0546 e. The SMILES string of the molecule is C1=Cc2ccccc2N(c2cc3cc(-c4cccc5ccccc45)c4ccccc4c3c3ccccc23)c2ccccc21. The van der Waals surface area contributed by atoms with Crippen LogP contribution in [-0.4, -0.2) is 0 Å². The fraction of sp³-hybridized carbons (Fsp3) is 0. The molecule has 8 aromatic rings. The normalized spacial score (nSPS) is 12.5. The Kier molecular flexibility index (Phi) is 5.27. The lowest BCUT2D eigenvalue weighted by Gasteiger charge is -2.29. The van der Waals surface area contributed by atoms with Crippen molar-refractivity contribution in [1.82, 2.24) is 0 Å². The Morgan fingerprint density at radius 1 is 0.326 bits per heavy atom. The molecule has 0 amide bonds. The molecule has 0 saturated carbocycles. The van der Waals surface area contributed by atoms with E-state index in [9.17, 15) is 0 Å². The van der Waals surface area contributed by atoms with Crippen molar-refractivity contribution in [3.8, 4) is 11.1 Å². The molecule has 1 aliphatic heterocycles. The quantitative estimate of drug-likeness (QED) is 0.195. The average molecular weight is 546 g/mol. The number of nitrogens with zero attached hydrogens (tertiary/aromatic N) is 1. The highest BCUT2D eigenvalue weighted by molar-refractivity contribution is 6.27. The first-order valence-corrected chi connectivity index (χ1v) is 14.9. The molecule has 1 nitrogen and oxygen atoms in total. The van der Waals surface area contributed by atoms with Crippen LogP contribution in [0.1, 0.15) is 11.1 Å². The second kappa shape index (κ2) is 9.44. The van der Waals surface area contributed by atoms with E-state index in [1.54, 1.807) is 0 Å². The summed E-state index contributed by atoms with van der Waals surface area (Å²) in [5, 5.41) is 10.1. The van der Waals surface area contributed by atoms with E-state index in [1.807, 2.05) is 0 Å². The number of benzene rings is 8. The van der Waals surface area contributed by atoms with Crippen molar-refractivity contribution in [2.24, 2.45) is 0 Å². The van der Waals surface area contributed by atoms with Gasteiger partial charge in [0.15, 0.2) is 0 Å². The van der Waals surface area contributed by atoms with E-state index < -0.39 is 0 Å². The van der Waals surface area contributed by atoms with E-state index in [2.05, 4.69) is 169 Å². The summed E-state index contributed by atoms with van der Waals surface area (Å²) in [7, 11) is 0. The summed E-state index contributed by atoms with van der Waals surface area (Å²) in [6.45, 7) is 0. The number of para-hydroxylation sites is 2. The lowest BCUT2D eigenvalue weighted by atomic mass is 9.88. The monoisotopic (exact) mass is 545 g/mol. The van der Waals surface area contributed by atoms with E-state index in [4.69, 9.17) is 0 Å². The van der Waals surface area contributed by atoms with Gasteiger partial charge >= 0.3 is 0 Å². The molecule has 1 aliphatic rings. The first-order valence-electron chi connectivity index (χ1n) is 14.9. The summed E-state index contributed by atoms with van der Waals surface area (Å²) in [5.41, 5.74) is 8.49. The van der Waals surface area contributed by atoms with Crippen LogP contribution < -0.4 is 4.90 Å². The third-order valence-electron chi connectivity index (χ3n) is 8.96. The minimum absolute atomic E-state index is 1.18. The van der Waals surface area contributed by atoms with Crippen molar-refractivity contribution in [3.63, 3.8) is 0 Å². The van der Waals surface area contributed by atoms with Crippen LogP contribution in [0.5, 0.6) is 0 Å². The van der Waals surface area contributed by atoms with E-state index in [0.717, 1.165) is 0 Å². The molecule has 43 heavy (non-hydrogen) atoms. The van der Waals surface area contributed by atoms with Crippen molar-refractivity contribution in [2.75, 3.05) is 4.90 Å². The highest BCUT2D eigenvalue weighted by atomic mass is 15.1. The molecule has 1 heteroatoms. The van der Waals surface area contributed by atoms with Crippen LogP contribution in [-0.2, 0) is 0 Å². The molecule has 0 saturated heterocycles. The van der Waals surface area contributed by atoms with Gasteiger partial charge in [-0.25, -0.2) is 0 Å². The second-order valence-electron chi connectivity index (χ2n) is 11.3. The van der Waals surface area contributed by atoms with Gasteiger partial charge in [-0.05, 0) is 84.2 Å². The van der Waals surface area contributed by atoms with Gasteiger partial charge < -0.3 is 4.90 Å². The van der Waals surface area contributed by atoms with Gasteiger partial charge in [0, 0.05) is 5.39 Å². The van der Waals surface area contributed by atoms with Gasteiger partial charge in [-0.15, -0.1) is 0 Å². The zero-order valence-corrected chi connectivity index (χ0v) is 23.5.